The van der Waals surface area contributed by atoms with Crippen molar-refractivity contribution >= 4 is 27.6 Å². The highest BCUT2D eigenvalue weighted by Crippen LogP contribution is 2.30. The van der Waals surface area contributed by atoms with Crippen molar-refractivity contribution in [1.29, 1.82) is 0 Å². The standard InChI is InChI=1S/C11H12BrNO5/c1-17-10-4-7(5-11(14)18-2)9(13(15)16)3-8(10)6-12/h3-4H,5-6H2,1-2H3. The van der Waals surface area contributed by atoms with Crippen molar-refractivity contribution in [2.45, 2.75) is 11.8 Å². The molecular formula is C11H12BrNO5. The molecule has 0 amide bonds. The molecule has 0 saturated heterocycles. The van der Waals surface area contributed by atoms with E-state index in [0.29, 0.717) is 16.6 Å². The van der Waals surface area contributed by atoms with Crippen LogP contribution < -0.4 is 4.74 Å². The summed E-state index contributed by atoms with van der Waals surface area (Å²) in [5.74, 6) is -0.0388. The molecule has 6 nitrogen and oxygen atoms in total. The molecule has 1 aromatic carbocycles. The van der Waals surface area contributed by atoms with Crippen molar-refractivity contribution in [3.63, 3.8) is 0 Å². The minimum Gasteiger partial charge on any atom is -0.496 e. The van der Waals surface area contributed by atoms with E-state index >= 15 is 0 Å². The van der Waals surface area contributed by atoms with Gasteiger partial charge in [0.1, 0.15) is 5.75 Å². The molecule has 0 aliphatic rings. The number of rotatable bonds is 5. The number of carbonyl (C=O) groups is 1. The molecule has 0 heterocycles. The number of carbonyl (C=O) groups excluding carboxylic acids is 1. The zero-order chi connectivity index (χ0) is 13.7. The first-order chi connectivity index (χ1) is 8.53. The second-order valence-electron chi connectivity index (χ2n) is 3.44. The summed E-state index contributed by atoms with van der Waals surface area (Å²) >= 11 is 3.23. The molecular weight excluding hydrogens is 306 g/mol. The lowest BCUT2D eigenvalue weighted by molar-refractivity contribution is -0.385. The molecule has 0 fully saturated rings. The molecule has 0 saturated carbocycles. The molecule has 1 aromatic rings. The number of halogens is 1. The monoisotopic (exact) mass is 317 g/mol. The molecule has 7 heteroatoms. The van der Waals surface area contributed by atoms with Gasteiger partial charge in [0.25, 0.3) is 5.69 Å². The van der Waals surface area contributed by atoms with Gasteiger partial charge in [-0.25, -0.2) is 0 Å². The normalized spacial score (nSPS) is 9.94. The second kappa shape index (κ2) is 6.34. The lowest BCUT2D eigenvalue weighted by atomic mass is 10.1. The first kappa shape index (κ1) is 14.4. The van der Waals surface area contributed by atoms with Gasteiger partial charge in [0.15, 0.2) is 0 Å². The lowest BCUT2D eigenvalue weighted by Crippen LogP contribution is -2.08. The number of ether oxygens (including phenoxy) is 2. The van der Waals surface area contributed by atoms with Crippen molar-refractivity contribution in [2.75, 3.05) is 14.2 Å². The van der Waals surface area contributed by atoms with Gasteiger partial charge in [-0.1, -0.05) is 15.9 Å². The predicted molar refractivity (Wildman–Crippen MR) is 68.0 cm³/mol. The fourth-order valence-corrected chi connectivity index (χ4v) is 1.93. The summed E-state index contributed by atoms with van der Waals surface area (Å²) in [7, 11) is 2.70. The van der Waals surface area contributed by atoms with E-state index in [-0.39, 0.29) is 17.7 Å². The van der Waals surface area contributed by atoms with Gasteiger partial charge in [-0.2, -0.15) is 0 Å². The van der Waals surface area contributed by atoms with Gasteiger partial charge in [0, 0.05) is 22.5 Å². The van der Waals surface area contributed by atoms with Crippen molar-refractivity contribution in [3.05, 3.63) is 33.4 Å². The lowest BCUT2D eigenvalue weighted by Gasteiger charge is -2.09. The first-order valence-electron chi connectivity index (χ1n) is 5.00. The molecule has 0 aromatic heterocycles. The number of hydrogen-bond donors (Lipinski definition) is 0. The number of benzene rings is 1. The summed E-state index contributed by atoms with van der Waals surface area (Å²) in [6, 6.07) is 2.89. The number of esters is 1. The van der Waals surface area contributed by atoms with E-state index in [0.717, 1.165) is 0 Å². The molecule has 0 aliphatic heterocycles. The van der Waals surface area contributed by atoms with Crippen LogP contribution in [0.4, 0.5) is 5.69 Å². The van der Waals surface area contributed by atoms with Crippen LogP contribution in [0.5, 0.6) is 5.75 Å². The van der Waals surface area contributed by atoms with Crippen molar-refractivity contribution in [2.24, 2.45) is 0 Å². The van der Waals surface area contributed by atoms with Crippen LogP contribution in [0.3, 0.4) is 0 Å². The Morgan fingerprint density at radius 2 is 2.06 bits per heavy atom. The van der Waals surface area contributed by atoms with Crippen LogP contribution in [0.15, 0.2) is 12.1 Å². The Bertz CT molecular complexity index is 475. The minimum atomic E-state index is -0.535. The van der Waals surface area contributed by atoms with Gasteiger partial charge in [0.2, 0.25) is 0 Å². The Morgan fingerprint density at radius 1 is 1.39 bits per heavy atom. The smallest absolute Gasteiger partial charge is 0.310 e. The molecule has 0 bridgehead atoms. The largest absolute Gasteiger partial charge is 0.496 e. The summed E-state index contributed by atoms with van der Waals surface area (Å²) in [6.07, 6.45) is -0.161. The summed E-state index contributed by atoms with van der Waals surface area (Å²) in [5.41, 5.74) is 0.807. The van der Waals surface area contributed by atoms with Crippen LogP contribution in [-0.2, 0) is 21.3 Å². The number of nitrogens with zero attached hydrogens (tertiary/aromatic N) is 1. The Hall–Kier alpha value is -1.63. The number of alkyl halides is 1. The number of nitro benzene ring substituents is 1. The van der Waals surface area contributed by atoms with Gasteiger partial charge in [0.05, 0.1) is 25.6 Å². The van der Waals surface area contributed by atoms with E-state index in [1.54, 1.807) is 0 Å². The minimum absolute atomic E-state index is 0.115. The van der Waals surface area contributed by atoms with Crippen molar-refractivity contribution in [1.82, 2.24) is 0 Å². The summed E-state index contributed by atoms with van der Waals surface area (Å²) in [6.45, 7) is 0. The molecule has 0 radical (unpaired) electrons. The van der Waals surface area contributed by atoms with Crippen LogP contribution in [0.25, 0.3) is 0 Å². The topological polar surface area (TPSA) is 78.7 Å². The molecule has 98 valence electrons. The van der Waals surface area contributed by atoms with Crippen LogP contribution in [0.2, 0.25) is 0 Å². The van der Waals surface area contributed by atoms with Crippen molar-refractivity contribution in [3.8, 4) is 5.75 Å². The number of nitro groups is 1. The third-order valence-corrected chi connectivity index (χ3v) is 2.99. The van der Waals surface area contributed by atoms with Crippen LogP contribution >= 0.6 is 15.9 Å². The molecule has 0 aliphatic carbocycles. The van der Waals surface area contributed by atoms with Crippen LogP contribution in [0.1, 0.15) is 11.1 Å². The SMILES string of the molecule is COC(=O)Cc1cc(OC)c(CBr)cc1[N+](=O)[O-]. The number of hydrogen-bond acceptors (Lipinski definition) is 5. The van der Waals surface area contributed by atoms with Crippen LogP contribution in [-0.4, -0.2) is 25.1 Å². The maximum Gasteiger partial charge on any atom is 0.310 e. The summed E-state index contributed by atoms with van der Waals surface area (Å²) in [5, 5.41) is 11.4. The summed E-state index contributed by atoms with van der Waals surface area (Å²) < 4.78 is 9.63. The average molecular weight is 318 g/mol. The van der Waals surface area contributed by atoms with Gasteiger partial charge < -0.3 is 9.47 Å². The quantitative estimate of drug-likeness (QED) is 0.360. The third-order valence-electron chi connectivity index (χ3n) is 2.38. The van der Waals surface area contributed by atoms with E-state index in [9.17, 15) is 14.9 Å². The highest BCUT2D eigenvalue weighted by Gasteiger charge is 2.20. The second-order valence-corrected chi connectivity index (χ2v) is 4.00. The highest BCUT2D eigenvalue weighted by molar-refractivity contribution is 9.08. The Morgan fingerprint density at radius 3 is 2.50 bits per heavy atom. The number of methoxy groups -OCH3 is 2. The average Bonchev–Trinajstić information content (AvgIpc) is 2.37. The molecule has 0 N–H and O–H groups in total. The van der Waals surface area contributed by atoms with E-state index in [1.807, 2.05) is 0 Å². The molecule has 1 rings (SSSR count). The zero-order valence-corrected chi connectivity index (χ0v) is 11.5. The van der Waals surface area contributed by atoms with Gasteiger partial charge in [-0.15, -0.1) is 0 Å². The Kier molecular flexibility index (Phi) is 5.08. The fourth-order valence-electron chi connectivity index (χ4n) is 1.49. The summed E-state index contributed by atoms with van der Waals surface area (Å²) in [4.78, 5) is 21.6. The molecule has 18 heavy (non-hydrogen) atoms. The maximum absolute atomic E-state index is 11.2. The molecule has 0 atom stereocenters. The fraction of sp³-hybridized carbons (Fsp3) is 0.364. The van der Waals surface area contributed by atoms with E-state index < -0.39 is 10.9 Å². The molecule has 0 spiro atoms. The van der Waals surface area contributed by atoms with Gasteiger partial charge >= 0.3 is 5.97 Å². The van der Waals surface area contributed by atoms with E-state index in [2.05, 4.69) is 20.7 Å². The third kappa shape index (κ3) is 3.19. The van der Waals surface area contributed by atoms with Crippen molar-refractivity contribution < 1.29 is 19.2 Å². The Labute approximate surface area is 112 Å². The van der Waals surface area contributed by atoms with E-state index in [4.69, 9.17) is 4.74 Å². The van der Waals surface area contributed by atoms with E-state index in [1.165, 1.54) is 26.4 Å². The van der Waals surface area contributed by atoms with Gasteiger partial charge in [-0.3, -0.25) is 14.9 Å². The van der Waals surface area contributed by atoms with Gasteiger partial charge in [-0.05, 0) is 6.07 Å². The predicted octanol–water partition coefficient (Wildman–Crippen LogP) is 2.21. The Balaban J connectivity index is 3.28. The zero-order valence-electron chi connectivity index (χ0n) is 9.94. The highest BCUT2D eigenvalue weighted by atomic mass is 79.9. The molecule has 0 unspecified atom stereocenters. The maximum atomic E-state index is 11.2. The van der Waals surface area contributed by atoms with Crippen LogP contribution in [0, 0.1) is 10.1 Å². The first-order valence-corrected chi connectivity index (χ1v) is 6.12.